The minimum absolute atomic E-state index is 0.416. The van der Waals surface area contributed by atoms with E-state index in [2.05, 4.69) is 60.1 Å². The predicted octanol–water partition coefficient (Wildman–Crippen LogP) is 4.55. The van der Waals surface area contributed by atoms with Gasteiger partial charge in [-0.2, -0.15) is 0 Å². The van der Waals surface area contributed by atoms with Gasteiger partial charge >= 0.3 is 0 Å². The topological polar surface area (TPSA) is 12.0 Å². The molecule has 94 valence electrons. The Morgan fingerprint density at radius 1 is 1.11 bits per heavy atom. The predicted molar refractivity (Wildman–Crippen MR) is 77.8 cm³/mol. The SMILES string of the molecule is C[C@@H](NC(c1cccs1)C1CC1)c1ccccc1. The monoisotopic (exact) mass is 257 g/mol. The van der Waals surface area contributed by atoms with E-state index in [9.17, 15) is 0 Å². The van der Waals surface area contributed by atoms with E-state index in [1.807, 2.05) is 11.3 Å². The number of hydrogen-bond acceptors (Lipinski definition) is 2. The fourth-order valence-corrected chi connectivity index (χ4v) is 3.33. The van der Waals surface area contributed by atoms with Crippen molar-refractivity contribution in [3.05, 3.63) is 58.3 Å². The maximum absolute atomic E-state index is 3.81. The second-order valence-corrected chi connectivity index (χ2v) is 6.11. The summed E-state index contributed by atoms with van der Waals surface area (Å²) in [5.74, 6) is 0.842. The zero-order valence-electron chi connectivity index (χ0n) is 10.7. The lowest BCUT2D eigenvalue weighted by atomic mass is 10.0. The summed E-state index contributed by atoms with van der Waals surface area (Å²) >= 11 is 1.87. The molecule has 2 aromatic rings. The average molecular weight is 257 g/mol. The van der Waals surface area contributed by atoms with E-state index >= 15 is 0 Å². The van der Waals surface area contributed by atoms with E-state index in [4.69, 9.17) is 0 Å². The number of thiophene rings is 1. The zero-order chi connectivity index (χ0) is 12.4. The lowest BCUT2D eigenvalue weighted by molar-refractivity contribution is 0.433. The normalized spacial score (nSPS) is 18.5. The summed E-state index contributed by atoms with van der Waals surface area (Å²) in [4.78, 5) is 1.49. The van der Waals surface area contributed by atoms with Gasteiger partial charge in [-0.1, -0.05) is 36.4 Å². The number of rotatable bonds is 5. The van der Waals surface area contributed by atoms with Crippen LogP contribution in [0.15, 0.2) is 47.8 Å². The fraction of sp³-hybridized carbons (Fsp3) is 0.375. The van der Waals surface area contributed by atoms with Crippen LogP contribution in [0.4, 0.5) is 0 Å². The summed E-state index contributed by atoms with van der Waals surface area (Å²) in [6.45, 7) is 2.26. The largest absolute Gasteiger partial charge is 0.302 e. The summed E-state index contributed by atoms with van der Waals surface area (Å²) in [7, 11) is 0. The van der Waals surface area contributed by atoms with Crippen LogP contribution in [0.3, 0.4) is 0 Å². The molecule has 1 aromatic heterocycles. The first-order valence-electron chi connectivity index (χ1n) is 6.69. The van der Waals surface area contributed by atoms with E-state index in [1.54, 1.807) is 0 Å². The summed E-state index contributed by atoms with van der Waals surface area (Å²) in [5.41, 5.74) is 1.37. The van der Waals surface area contributed by atoms with E-state index in [1.165, 1.54) is 23.3 Å². The van der Waals surface area contributed by atoms with Crippen molar-refractivity contribution < 1.29 is 0 Å². The zero-order valence-corrected chi connectivity index (χ0v) is 11.5. The highest BCUT2D eigenvalue weighted by Crippen LogP contribution is 2.43. The molecule has 0 aliphatic heterocycles. The molecule has 18 heavy (non-hydrogen) atoms. The number of nitrogens with one attached hydrogen (secondary N) is 1. The highest BCUT2D eigenvalue weighted by atomic mass is 32.1. The molecule has 1 heterocycles. The lowest BCUT2D eigenvalue weighted by Gasteiger charge is -2.22. The number of hydrogen-bond donors (Lipinski definition) is 1. The highest BCUT2D eigenvalue weighted by molar-refractivity contribution is 7.10. The summed E-state index contributed by atoms with van der Waals surface area (Å²) in [6.07, 6.45) is 2.74. The molecule has 1 nitrogen and oxygen atoms in total. The molecule has 1 aromatic carbocycles. The molecule has 2 atom stereocenters. The minimum Gasteiger partial charge on any atom is -0.302 e. The first-order valence-corrected chi connectivity index (χ1v) is 7.57. The maximum atomic E-state index is 3.81. The van der Waals surface area contributed by atoms with Gasteiger partial charge in [0.1, 0.15) is 0 Å². The molecule has 0 radical (unpaired) electrons. The molecule has 1 fully saturated rings. The third kappa shape index (κ3) is 2.65. The molecule has 0 amide bonds. The Labute approximate surface area is 113 Å². The molecule has 1 saturated carbocycles. The molecular formula is C16H19NS. The van der Waals surface area contributed by atoms with Crippen LogP contribution in [0.5, 0.6) is 0 Å². The average Bonchev–Trinajstić information content (AvgIpc) is 3.11. The maximum Gasteiger partial charge on any atom is 0.0448 e. The van der Waals surface area contributed by atoms with Crippen molar-refractivity contribution in [3.63, 3.8) is 0 Å². The quantitative estimate of drug-likeness (QED) is 0.828. The second kappa shape index (κ2) is 5.25. The Morgan fingerprint density at radius 2 is 1.89 bits per heavy atom. The van der Waals surface area contributed by atoms with Crippen molar-refractivity contribution in [1.82, 2.24) is 5.32 Å². The van der Waals surface area contributed by atoms with Crippen LogP contribution in [-0.2, 0) is 0 Å². The standard InChI is InChI=1S/C16H19NS/c1-12(13-6-3-2-4-7-13)17-16(14-9-10-14)15-8-5-11-18-15/h2-8,11-12,14,16-17H,9-10H2,1H3/t12-,16?/m1/s1. The van der Waals surface area contributed by atoms with Crippen molar-refractivity contribution >= 4 is 11.3 Å². The molecule has 0 saturated heterocycles. The highest BCUT2D eigenvalue weighted by Gasteiger charge is 2.33. The molecule has 3 rings (SSSR count). The Morgan fingerprint density at radius 3 is 2.50 bits per heavy atom. The molecule has 1 aliphatic rings. The minimum atomic E-state index is 0.416. The van der Waals surface area contributed by atoms with Crippen LogP contribution < -0.4 is 5.32 Å². The van der Waals surface area contributed by atoms with Crippen molar-refractivity contribution in [2.45, 2.75) is 31.8 Å². The van der Waals surface area contributed by atoms with Gasteiger partial charge in [-0.05, 0) is 42.7 Å². The molecule has 1 unspecified atom stereocenters. The van der Waals surface area contributed by atoms with Gasteiger partial charge < -0.3 is 5.32 Å². The molecule has 1 aliphatic carbocycles. The summed E-state index contributed by atoms with van der Waals surface area (Å²) in [5, 5.41) is 5.99. The first kappa shape index (κ1) is 11.9. The Balaban J connectivity index is 1.73. The van der Waals surface area contributed by atoms with Gasteiger partial charge in [0.15, 0.2) is 0 Å². The van der Waals surface area contributed by atoms with Gasteiger partial charge in [-0.15, -0.1) is 11.3 Å². The van der Waals surface area contributed by atoms with Crippen LogP contribution in [-0.4, -0.2) is 0 Å². The third-order valence-electron chi connectivity index (χ3n) is 3.67. The van der Waals surface area contributed by atoms with E-state index < -0.39 is 0 Å². The van der Waals surface area contributed by atoms with Crippen LogP contribution >= 0.6 is 11.3 Å². The van der Waals surface area contributed by atoms with Crippen LogP contribution in [0, 0.1) is 5.92 Å². The van der Waals surface area contributed by atoms with E-state index in [0.29, 0.717) is 12.1 Å². The van der Waals surface area contributed by atoms with Crippen molar-refractivity contribution in [2.24, 2.45) is 5.92 Å². The summed E-state index contributed by atoms with van der Waals surface area (Å²) < 4.78 is 0. The van der Waals surface area contributed by atoms with Crippen LogP contribution in [0.25, 0.3) is 0 Å². The third-order valence-corrected chi connectivity index (χ3v) is 4.63. The van der Waals surface area contributed by atoms with Gasteiger partial charge in [0.05, 0.1) is 0 Å². The van der Waals surface area contributed by atoms with E-state index in [0.717, 1.165) is 5.92 Å². The van der Waals surface area contributed by atoms with Gasteiger partial charge in [-0.25, -0.2) is 0 Å². The van der Waals surface area contributed by atoms with Crippen molar-refractivity contribution in [3.8, 4) is 0 Å². The van der Waals surface area contributed by atoms with Gasteiger partial charge in [0.25, 0.3) is 0 Å². The molecule has 0 bridgehead atoms. The Bertz CT molecular complexity index is 473. The smallest absolute Gasteiger partial charge is 0.0448 e. The van der Waals surface area contributed by atoms with Crippen LogP contribution in [0.2, 0.25) is 0 Å². The van der Waals surface area contributed by atoms with Crippen LogP contribution in [0.1, 0.15) is 42.3 Å². The first-order chi connectivity index (χ1) is 8.84. The second-order valence-electron chi connectivity index (χ2n) is 5.13. The molecule has 2 heteroatoms. The molecular weight excluding hydrogens is 238 g/mol. The van der Waals surface area contributed by atoms with E-state index in [-0.39, 0.29) is 0 Å². The van der Waals surface area contributed by atoms with Gasteiger partial charge in [-0.3, -0.25) is 0 Å². The van der Waals surface area contributed by atoms with Crippen molar-refractivity contribution in [1.29, 1.82) is 0 Å². The Hall–Kier alpha value is -1.12. The summed E-state index contributed by atoms with van der Waals surface area (Å²) in [6, 6.07) is 16.1. The van der Waals surface area contributed by atoms with Gasteiger partial charge in [0, 0.05) is 17.0 Å². The fourth-order valence-electron chi connectivity index (χ4n) is 2.46. The van der Waals surface area contributed by atoms with Crippen molar-refractivity contribution in [2.75, 3.05) is 0 Å². The lowest BCUT2D eigenvalue weighted by Crippen LogP contribution is -2.25. The molecule has 0 spiro atoms. The Kier molecular flexibility index (Phi) is 3.48. The molecule has 1 N–H and O–H groups in total. The van der Waals surface area contributed by atoms with Gasteiger partial charge in [0.2, 0.25) is 0 Å². The number of benzene rings is 1.